The number of aromatic carboxylic acids is 1. The summed E-state index contributed by atoms with van der Waals surface area (Å²) in [7, 11) is 0. The Morgan fingerprint density at radius 1 is 1.17 bits per heavy atom. The molecule has 156 valence electrons. The maximum absolute atomic E-state index is 12.7. The average Bonchev–Trinajstić information content (AvgIpc) is 3.09. The molecule has 0 saturated carbocycles. The molecule has 2 aromatic heterocycles. The minimum Gasteiger partial charge on any atom is -0.477 e. The predicted octanol–water partition coefficient (Wildman–Crippen LogP) is 3.74. The van der Waals surface area contributed by atoms with E-state index in [9.17, 15) is 19.5 Å². The van der Waals surface area contributed by atoms with Crippen molar-refractivity contribution in [3.63, 3.8) is 0 Å². The fourth-order valence-corrected chi connectivity index (χ4v) is 3.50. The Hall–Kier alpha value is -3.10. The number of halogens is 2. The molecule has 0 bridgehead atoms. The summed E-state index contributed by atoms with van der Waals surface area (Å²) < 4.78 is 3.27. The number of pyridine rings is 1. The number of carboxylic acid groups (broad SMARTS) is 1. The van der Waals surface area contributed by atoms with Gasteiger partial charge in [-0.05, 0) is 19.1 Å². The molecule has 0 saturated heterocycles. The smallest absolute Gasteiger partial charge is 0.341 e. The molecule has 0 aliphatic heterocycles. The summed E-state index contributed by atoms with van der Waals surface area (Å²) in [5.74, 6) is -1.21. The number of nitrogens with one attached hydrogen (secondary N) is 1. The van der Waals surface area contributed by atoms with E-state index < -0.39 is 11.4 Å². The van der Waals surface area contributed by atoms with Gasteiger partial charge >= 0.3 is 5.97 Å². The summed E-state index contributed by atoms with van der Waals surface area (Å²) in [6.45, 7) is 3.80. The van der Waals surface area contributed by atoms with Crippen molar-refractivity contribution in [2.45, 2.75) is 26.9 Å². The molecule has 1 amide bonds. The second-order valence-electron chi connectivity index (χ2n) is 6.48. The van der Waals surface area contributed by atoms with Gasteiger partial charge in [0.05, 0.1) is 22.3 Å². The van der Waals surface area contributed by atoms with Crippen molar-refractivity contribution in [2.75, 3.05) is 5.32 Å². The summed E-state index contributed by atoms with van der Waals surface area (Å²) in [4.78, 5) is 35.8. The fourth-order valence-electron chi connectivity index (χ4n) is 3.20. The van der Waals surface area contributed by atoms with Gasteiger partial charge in [-0.25, -0.2) is 4.79 Å². The Morgan fingerprint density at radius 3 is 2.50 bits per heavy atom. The van der Waals surface area contributed by atoms with E-state index in [-0.39, 0.29) is 28.7 Å². The molecule has 10 heteroatoms. The minimum absolute atomic E-state index is 0.191. The SMILES string of the molecule is CCn1c(Cn2ccc(NC(C)=O)n2)cc(=O)c(C(=O)O)c1-c1ccc(Cl)c(Cl)c1. The van der Waals surface area contributed by atoms with Gasteiger partial charge < -0.3 is 15.0 Å². The Kier molecular flexibility index (Phi) is 6.28. The van der Waals surface area contributed by atoms with Gasteiger partial charge in [0.15, 0.2) is 11.2 Å². The monoisotopic (exact) mass is 448 g/mol. The van der Waals surface area contributed by atoms with Gasteiger partial charge in [-0.15, -0.1) is 0 Å². The molecule has 0 spiro atoms. The quantitative estimate of drug-likeness (QED) is 0.597. The lowest BCUT2D eigenvalue weighted by molar-refractivity contribution is -0.114. The Morgan fingerprint density at radius 2 is 1.90 bits per heavy atom. The maximum Gasteiger partial charge on any atom is 0.341 e. The molecule has 8 nitrogen and oxygen atoms in total. The highest BCUT2D eigenvalue weighted by molar-refractivity contribution is 6.42. The highest BCUT2D eigenvalue weighted by atomic mass is 35.5. The van der Waals surface area contributed by atoms with Crippen LogP contribution in [0.4, 0.5) is 5.82 Å². The maximum atomic E-state index is 12.7. The third-order valence-corrected chi connectivity index (χ3v) is 5.13. The number of anilines is 1. The average molecular weight is 449 g/mol. The van der Waals surface area contributed by atoms with Crippen molar-refractivity contribution in [3.8, 4) is 11.3 Å². The lowest BCUT2D eigenvalue weighted by Gasteiger charge is -2.20. The van der Waals surface area contributed by atoms with E-state index in [0.29, 0.717) is 28.6 Å². The van der Waals surface area contributed by atoms with E-state index in [0.717, 1.165) is 0 Å². The topological polar surface area (TPSA) is 106 Å². The Balaban J connectivity index is 2.17. The van der Waals surface area contributed by atoms with Crippen LogP contribution in [0.1, 0.15) is 29.9 Å². The highest BCUT2D eigenvalue weighted by Crippen LogP contribution is 2.30. The second kappa shape index (κ2) is 8.73. The van der Waals surface area contributed by atoms with Crippen molar-refractivity contribution in [3.05, 3.63) is 68.1 Å². The molecule has 0 aliphatic carbocycles. The standard InChI is InChI=1S/C20H18Cl2N4O4/c1-3-26-13(10-25-7-6-17(24-25)23-11(2)27)9-16(28)18(20(29)30)19(26)12-4-5-14(21)15(22)8-12/h4-9H,3,10H2,1-2H3,(H,29,30)(H,23,24,27). The van der Waals surface area contributed by atoms with Crippen LogP contribution >= 0.6 is 23.2 Å². The fraction of sp³-hybridized carbons (Fsp3) is 0.200. The van der Waals surface area contributed by atoms with Gasteiger partial charge in [-0.3, -0.25) is 14.3 Å². The van der Waals surface area contributed by atoms with E-state index in [1.807, 2.05) is 6.92 Å². The summed E-state index contributed by atoms with van der Waals surface area (Å²) in [5, 5.41) is 17.1. The number of aromatic nitrogens is 3. The number of hydrogen-bond acceptors (Lipinski definition) is 4. The minimum atomic E-state index is -1.33. The van der Waals surface area contributed by atoms with E-state index in [1.54, 1.807) is 33.6 Å². The molecular weight excluding hydrogens is 431 g/mol. The first kappa shape index (κ1) is 21.6. The number of carbonyl (C=O) groups excluding carboxylic acids is 1. The van der Waals surface area contributed by atoms with Crippen LogP contribution in [-0.4, -0.2) is 31.3 Å². The lowest BCUT2D eigenvalue weighted by Crippen LogP contribution is -2.24. The molecule has 2 N–H and O–H groups in total. The van der Waals surface area contributed by atoms with Crippen molar-refractivity contribution in [2.24, 2.45) is 0 Å². The molecule has 0 aliphatic rings. The van der Waals surface area contributed by atoms with Crippen LogP contribution in [-0.2, 0) is 17.9 Å². The van der Waals surface area contributed by atoms with E-state index in [1.165, 1.54) is 19.1 Å². The molecule has 3 rings (SSSR count). The van der Waals surface area contributed by atoms with Crippen molar-refractivity contribution in [1.82, 2.24) is 14.3 Å². The van der Waals surface area contributed by atoms with Crippen LogP contribution in [0.5, 0.6) is 0 Å². The van der Waals surface area contributed by atoms with Crippen LogP contribution in [0, 0.1) is 0 Å². The number of hydrogen-bond donors (Lipinski definition) is 2. The van der Waals surface area contributed by atoms with Gasteiger partial charge in [0.2, 0.25) is 5.91 Å². The third-order valence-electron chi connectivity index (χ3n) is 4.39. The van der Waals surface area contributed by atoms with Crippen LogP contribution < -0.4 is 10.7 Å². The molecule has 2 heterocycles. The van der Waals surface area contributed by atoms with Crippen molar-refractivity contribution >= 4 is 40.9 Å². The summed E-state index contributed by atoms with van der Waals surface area (Å²) in [5.41, 5.74) is 0.268. The first-order valence-electron chi connectivity index (χ1n) is 8.97. The van der Waals surface area contributed by atoms with Gasteiger partial charge in [0, 0.05) is 43.1 Å². The van der Waals surface area contributed by atoms with Crippen LogP contribution in [0.15, 0.2) is 41.3 Å². The van der Waals surface area contributed by atoms with Gasteiger partial charge in [0.1, 0.15) is 5.56 Å². The Bertz CT molecular complexity index is 1200. The number of nitrogens with zero attached hydrogens (tertiary/aromatic N) is 3. The van der Waals surface area contributed by atoms with Crippen LogP contribution in [0.2, 0.25) is 10.0 Å². The number of carbonyl (C=O) groups is 2. The largest absolute Gasteiger partial charge is 0.477 e. The van der Waals surface area contributed by atoms with E-state index in [2.05, 4.69) is 10.4 Å². The molecule has 1 aromatic carbocycles. The van der Waals surface area contributed by atoms with Gasteiger partial charge in [0.25, 0.3) is 0 Å². The summed E-state index contributed by atoms with van der Waals surface area (Å²) in [6, 6.07) is 7.61. The number of carboxylic acids is 1. The molecule has 0 fully saturated rings. The molecular formula is C20H18Cl2N4O4. The molecule has 0 atom stereocenters. The van der Waals surface area contributed by atoms with Crippen LogP contribution in [0.25, 0.3) is 11.3 Å². The normalized spacial score (nSPS) is 10.8. The van der Waals surface area contributed by atoms with Gasteiger partial charge in [-0.2, -0.15) is 5.10 Å². The zero-order chi connectivity index (χ0) is 22.0. The number of amides is 1. The highest BCUT2D eigenvalue weighted by Gasteiger charge is 2.22. The van der Waals surface area contributed by atoms with Crippen molar-refractivity contribution in [1.29, 1.82) is 0 Å². The summed E-state index contributed by atoms with van der Waals surface area (Å²) >= 11 is 12.1. The van der Waals surface area contributed by atoms with Gasteiger partial charge in [-0.1, -0.05) is 29.3 Å². The third kappa shape index (κ3) is 4.39. The molecule has 0 unspecified atom stereocenters. The first-order valence-corrected chi connectivity index (χ1v) is 9.73. The number of rotatable bonds is 6. The summed E-state index contributed by atoms with van der Waals surface area (Å²) in [6.07, 6.45) is 1.65. The Labute approximate surface area is 181 Å². The molecule has 30 heavy (non-hydrogen) atoms. The lowest BCUT2D eigenvalue weighted by atomic mass is 10.0. The zero-order valence-corrected chi connectivity index (χ0v) is 17.7. The van der Waals surface area contributed by atoms with Crippen molar-refractivity contribution < 1.29 is 14.7 Å². The zero-order valence-electron chi connectivity index (χ0n) is 16.1. The second-order valence-corrected chi connectivity index (χ2v) is 7.30. The number of benzene rings is 1. The van der Waals surface area contributed by atoms with Crippen LogP contribution in [0.3, 0.4) is 0 Å². The van der Waals surface area contributed by atoms with E-state index >= 15 is 0 Å². The molecule has 3 aromatic rings. The predicted molar refractivity (Wildman–Crippen MR) is 114 cm³/mol. The van der Waals surface area contributed by atoms with E-state index in [4.69, 9.17) is 23.2 Å². The molecule has 0 radical (unpaired) electrons. The first-order chi connectivity index (χ1) is 14.2.